The van der Waals surface area contributed by atoms with Gasteiger partial charge in [-0.15, -0.1) is 0 Å². The van der Waals surface area contributed by atoms with E-state index in [9.17, 15) is 0 Å². The first kappa shape index (κ1) is 15.8. The van der Waals surface area contributed by atoms with Gasteiger partial charge in [0.2, 0.25) is 9.04 Å². The molecular formula is C16H32OSi. The van der Waals surface area contributed by atoms with Gasteiger partial charge in [0.05, 0.1) is 5.76 Å². The first-order valence-corrected chi connectivity index (χ1v) is 10.5. The summed E-state index contributed by atoms with van der Waals surface area (Å²) in [4.78, 5) is 0. The number of rotatable bonds is 2. The van der Waals surface area contributed by atoms with Gasteiger partial charge in [0.15, 0.2) is 0 Å². The van der Waals surface area contributed by atoms with Gasteiger partial charge in [0.1, 0.15) is 0 Å². The summed E-state index contributed by atoms with van der Waals surface area (Å²) in [5.74, 6) is 2.16. The third-order valence-electron chi connectivity index (χ3n) is 3.97. The molecule has 0 saturated carbocycles. The van der Waals surface area contributed by atoms with E-state index in [1.54, 1.807) is 0 Å². The average molecular weight is 269 g/mol. The average Bonchev–Trinajstić information content (AvgIpc) is 2.24. The zero-order chi connectivity index (χ0) is 13.6. The van der Waals surface area contributed by atoms with Crippen LogP contribution in [0.4, 0.5) is 0 Å². The third-order valence-corrected chi connectivity index (χ3v) is 4.75. The van der Waals surface area contributed by atoms with Crippen molar-refractivity contribution in [1.29, 1.82) is 0 Å². The lowest BCUT2D eigenvalue weighted by atomic mass is 9.75. The second-order valence-electron chi connectivity index (χ2n) is 7.08. The lowest BCUT2D eigenvalue weighted by molar-refractivity contribution is 0.205. The van der Waals surface area contributed by atoms with Crippen molar-refractivity contribution in [1.82, 2.24) is 0 Å². The van der Waals surface area contributed by atoms with Crippen LogP contribution in [0.5, 0.6) is 0 Å². The van der Waals surface area contributed by atoms with Crippen LogP contribution >= 0.6 is 0 Å². The molecule has 0 aromatic rings. The van der Waals surface area contributed by atoms with Crippen LogP contribution in [-0.2, 0) is 4.43 Å². The van der Waals surface area contributed by atoms with Crippen LogP contribution in [0.15, 0.2) is 11.8 Å². The monoisotopic (exact) mass is 268 g/mol. The Kier molecular flexibility index (Phi) is 6.48. The Hall–Kier alpha value is -0.243. The number of hydrogen-bond donors (Lipinski definition) is 0. The van der Waals surface area contributed by atoms with Crippen molar-refractivity contribution in [3.05, 3.63) is 11.8 Å². The standard InChI is InChI=1S/C16H32OSi/c1-16(2,3)14-10-7-6-8-12-15(13-9-11-14)17-18(4)5/h13-14,18H,6-12H2,1-5H3/b15-13+. The maximum Gasteiger partial charge on any atom is 0.229 e. The molecule has 1 aliphatic rings. The van der Waals surface area contributed by atoms with Gasteiger partial charge in [-0.3, -0.25) is 0 Å². The quantitative estimate of drug-likeness (QED) is 0.619. The molecule has 0 aromatic carbocycles. The van der Waals surface area contributed by atoms with Gasteiger partial charge in [-0.1, -0.05) is 33.6 Å². The molecule has 1 unspecified atom stereocenters. The molecular weight excluding hydrogens is 236 g/mol. The van der Waals surface area contributed by atoms with E-state index in [-0.39, 0.29) is 0 Å². The molecule has 0 aliphatic heterocycles. The van der Waals surface area contributed by atoms with Crippen LogP contribution in [0, 0.1) is 11.3 Å². The molecule has 1 aliphatic carbocycles. The summed E-state index contributed by atoms with van der Waals surface area (Å²) >= 11 is 0. The summed E-state index contributed by atoms with van der Waals surface area (Å²) in [6, 6.07) is 0. The molecule has 0 bridgehead atoms. The molecule has 0 aromatic heterocycles. The minimum absolute atomic E-state index is 0.459. The van der Waals surface area contributed by atoms with Crippen LogP contribution < -0.4 is 0 Å². The first-order valence-electron chi connectivity index (χ1n) is 7.75. The highest BCUT2D eigenvalue weighted by Crippen LogP contribution is 2.35. The fraction of sp³-hybridized carbons (Fsp3) is 0.875. The van der Waals surface area contributed by atoms with E-state index in [1.807, 2.05) is 0 Å². The summed E-state index contributed by atoms with van der Waals surface area (Å²) in [5.41, 5.74) is 0.459. The minimum atomic E-state index is -0.922. The summed E-state index contributed by atoms with van der Waals surface area (Å²) in [7, 11) is -0.922. The Morgan fingerprint density at radius 3 is 2.44 bits per heavy atom. The second-order valence-corrected chi connectivity index (χ2v) is 9.41. The fourth-order valence-electron chi connectivity index (χ4n) is 2.83. The van der Waals surface area contributed by atoms with Gasteiger partial charge in [0.25, 0.3) is 0 Å². The van der Waals surface area contributed by atoms with E-state index in [0.717, 1.165) is 5.92 Å². The van der Waals surface area contributed by atoms with E-state index < -0.39 is 9.04 Å². The predicted octanol–water partition coefficient (Wildman–Crippen LogP) is 5.28. The van der Waals surface area contributed by atoms with Gasteiger partial charge in [-0.05, 0) is 56.2 Å². The molecule has 1 rings (SSSR count). The number of allylic oxidation sites excluding steroid dienone is 2. The van der Waals surface area contributed by atoms with Crippen LogP contribution in [0.1, 0.15) is 65.7 Å². The highest BCUT2D eigenvalue weighted by atomic mass is 28.3. The minimum Gasteiger partial charge on any atom is -0.550 e. The molecule has 18 heavy (non-hydrogen) atoms. The first-order chi connectivity index (χ1) is 8.39. The molecule has 1 atom stereocenters. The van der Waals surface area contributed by atoms with Gasteiger partial charge < -0.3 is 4.43 Å². The van der Waals surface area contributed by atoms with E-state index >= 15 is 0 Å². The molecule has 0 radical (unpaired) electrons. The maximum absolute atomic E-state index is 6.04. The topological polar surface area (TPSA) is 9.23 Å². The lowest BCUT2D eigenvalue weighted by Crippen LogP contribution is -2.20. The fourth-order valence-corrected chi connectivity index (χ4v) is 3.65. The van der Waals surface area contributed by atoms with Crippen LogP contribution in [0.3, 0.4) is 0 Å². The summed E-state index contributed by atoms with van der Waals surface area (Å²) < 4.78 is 6.04. The Bertz CT molecular complexity index is 263. The van der Waals surface area contributed by atoms with Crippen molar-refractivity contribution >= 4 is 9.04 Å². The van der Waals surface area contributed by atoms with Crippen LogP contribution in [0.2, 0.25) is 13.1 Å². The van der Waals surface area contributed by atoms with Crippen molar-refractivity contribution in [3.63, 3.8) is 0 Å². The Morgan fingerprint density at radius 2 is 1.83 bits per heavy atom. The van der Waals surface area contributed by atoms with Crippen molar-refractivity contribution < 1.29 is 4.43 Å². The van der Waals surface area contributed by atoms with E-state index in [4.69, 9.17) is 4.43 Å². The molecule has 0 heterocycles. The molecule has 1 nitrogen and oxygen atoms in total. The van der Waals surface area contributed by atoms with Crippen molar-refractivity contribution in [2.24, 2.45) is 11.3 Å². The zero-order valence-electron chi connectivity index (χ0n) is 13.1. The summed E-state index contributed by atoms with van der Waals surface area (Å²) in [6.45, 7) is 11.7. The van der Waals surface area contributed by atoms with Gasteiger partial charge >= 0.3 is 0 Å². The second kappa shape index (κ2) is 7.37. The Labute approximate surface area is 116 Å². The molecule has 0 spiro atoms. The van der Waals surface area contributed by atoms with E-state index in [0.29, 0.717) is 5.41 Å². The lowest BCUT2D eigenvalue weighted by Gasteiger charge is -2.31. The van der Waals surface area contributed by atoms with Crippen LogP contribution in [0.25, 0.3) is 0 Å². The smallest absolute Gasteiger partial charge is 0.229 e. The molecule has 2 heteroatoms. The van der Waals surface area contributed by atoms with Gasteiger partial charge in [-0.2, -0.15) is 0 Å². The Balaban J connectivity index is 2.60. The van der Waals surface area contributed by atoms with E-state index in [2.05, 4.69) is 39.9 Å². The summed E-state index contributed by atoms with van der Waals surface area (Å²) in [6.07, 6.45) is 11.6. The highest BCUT2D eigenvalue weighted by Gasteiger charge is 2.23. The van der Waals surface area contributed by atoms with Crippen LogP contribution in [-0.4, -0.2) is 9.04 Å². The van der Waals surface area contributed by atoms with Crippen molar-refractivity contribution in [3.8, 4) is 0 Å². The molecule has 0 fully saturated rings. The highest BCUT2D eigenvalue weighted by molar-refractivity contribution is 6.48. The van der Waals surface area contributed by atoms with Crippen molar-refractivity contribution in [2.45, 2.75) is 78.8 Å². The zero-order valence-corrected chi connectivity index (χ0v) is 14.2. The molecule has 0 N–H and O–H groups in total. The third kappa shape index (κ3) is 6.08. The van der Waals surface area contributed by atoms with Gasteiger partial charge in [-0.25, -0.2) is 0 Å². The normalized spacial score (nSPS) is 26.6. The Morgan fingerprint density at radius 1 is 1.11 bits per heavy atom. The van der Waals surface area contributed by atoms with E-state index in [1.165, 1.54) is 50.7 Å². The maximum atomic E-state index is 6.04. The molecule has 0 amide bonds. The molecule has 106 valence electrons. The number of hydrogen-bond acceptors (Lipinski definition) is 1. The molecule has 0 saturated heterocycles. The van der Waals surface area contributed by atoms with Gasteiger partial charge in [0, 0.05) is 6.42 Å². The largest absolute Gasteiger partial charge is 0.550 e. The predicted molar refractivity (Wildman–Crippen MR) is 83.3 cm³/mol. The summed E-state index contributed by atoms with van der Waals surface area (Å²) in [5, 5.41) is 0. The van der Waals surface area contributed by atoms with Crippen molar-refractivity contribution in [2.75, 3.05) is 0 Å². The SMILES string of the molecule is C[SiH](C)O/C1=C/CCC(C(C)(C)C)CCCCC1.